The molecule has 2 aliphatic rings. The van der Waals surface area contributed by atoms with Crippen LogP contribution in [-0.4, -0.2) is 30.5 Å². The lowest BCUT2D eigenvalue weighted by Gasteiger charge is -2.26. The Bertz CT molecular complexity index is 1440. The monoisotopic (exact) mass is 535 g/mol. The average molecular weight is 536 g/mol. The van der Waals surface area contributed by atoms with Gasteiger partial charge in [0.15, 0.2) is 0 Å². The van der Waals surface area contributed by atoms with E-state index in [9.17, 15) is 13.2 Å². The maximum absolute atomic E-state index is 13.4. The summed E-state index contributed by atoms with van der Waals surface area (Å²) in [4.78, 5) is 13.6. The summed E-state index contributed by atoms with van der Waals surface area (Å²) >= 11 is 0. The van der Waals surface area contributed by atoms with Gasteiger partial charge in [-0.25, -0.2) is 13.1 Å². The number of amides is 1. The largest absolute Gasteiger partial charge is 0.349 e. The number of benzene rings is 2. The van der Waals surface area contributed by atoms with Crippen LogP contribution in [0.3, 0.4) is 0 Å². The number of hydrogen-bond acceptors (Lipinski definition) is 3. The third-order valence-electron chi connectivity index (χ3n) is 8.11. The molecule has 1 aromatic heterocycles. The van der Waals surface area contributed by atoms with Crippen molar-refractivity contribution < 1.29 is 13.2 Å². The van der Waals surface area contributed by atoms with Gasteiger partial charge in [-0.15, -0.1) is 0 Å². The Morgan fingerprint density at radius 3 is 2.26 bits per heavy atom. The normalized spacial score (nSPS) is 17.5. The van der Waals surface area contributed by atoms with Crippen LogP contribution in [0.4, 0.5) is 0 Å². The zero-order valence-electron chi connectivity index (χ0n) is 23.1. The lowest BCUT2D eigenvalue weighted by Crippen LogP contribution is -2.40. The molecule has 2 aromatic carbocycles. The second-order valence-corrected chi connectivity index (χ2v) is 13.9. The van der Waals surface area contributed by atoms with Gasteiger partial charge in [0, 0.05) is 40.5 Å². The topological polar surface area (TPSA) is 80.2 Å². The van der Waals surface area contributed by atoms with Crippen molar-refractivity contribution in [3.63, 3.8) is 0 Å². The van der Waals surface area contributed by atoms with E-state index in [0.717, 1.165) is 47.3 Å². The van der Waals surface area contributed by atoms with Gasteiger partial charge in [-0.1, -0.05) is 49.6 Å². The number of carbonyl (C=O) groups is 1. The number of carbonyl (C=O) groups excluding carboxylic acids is 1. The zero-order valence-corrected chi connectivity index (χ0v) is 24.0. The minimum atomic E-state index is -3.72. The number of rotatable bonds is 7. The zero-order chi connectivity index (χ0) is 27.1. The third-order valence-corrected chi connectivity index (χ3v) is 9.92. The minimum Gasteiger partial charge on any atom is -0.349 e. The molecule has 5 rings (SSSR count). The molecule has 0 aliphatic heterocycles. The lowest BCUT2D eigenvalue weighted by atomic mass is 9.89. The molecule has 6 nitrogen and oxygen atoms in total. The number of aromatic nitrogens is 1. The summed E-state index contributed by atoms with van der Waals surface area (Å²) < 4.78 is 31.8. The van der Waals surface area contributed by atoms with Crippen LogP contribution >= 0.6 is 0 Å². The molecule has 3 aromatic rings. The summed E-state index contributed by atoms with van der Waals surface area (Å²) in [5, 5.41) is 4.78. The summed E-state index contributed by atoms with van der Waals surface area (Å²) in [7, 11) is -3.72. The third kappa shape index (κ3) is 5.55. The number of sulfonamides is 1. The van der Waals surface area contributed by atoms with E-state index in [1.165, 1.54) is 38.5 Å². The van der Waals surface area contributed by atoms with Crippen molar-refractivity contribution in [1.82, 2.24) is 14.6 Å². The quantitative estimate of drug-likeness (QED) is 0.360. The van der Waals surface area contributed by atoms with Crippen molar-refractivity contribution in [2.45, 2.75) is 102 Å². The summed E-state index contributed by atoms with van der Waals surface area (Å²) in [5.74, 6) is 0.576. The molecule has 0 spiro atoms. The second-order valence-electron chi connectivity index (χ2n) is 12.3. The summed E-state index contributed by atoms with van der Waals surface area (Å²) in [6.07, 6.45) is 9.48. The first-order chi connectivity index (χ1) is 18.0. The fraction of sp³-hybridized carbons (Fsp3) is 0.516. The number of nitrogens with one attached hydrogen (secondary N) is 2. The maximum Gasteiger partial charge on any atom is 0.253 e. The van der Waals surface area contributed by atoms with Crippen LogP contribution in [0.15, 0.2) is 47.4 Å². The van der Waals surface area contributed by atoms with E-state index in [1.807, 2.05) is 57.2 Å². The van der Waals surface area contributed by atoms with Gasteiger partial charge in [0.2, 0.25) is 10.0 Å². The molecule has 7 heteroatoms. The predicted molar refractivity (Wildman–Crippen MR) is 154 cm³/mol. The molecule has 204 valence electrons. The van der Waals surface area contributed by atoms with E-state index in [-0.39, 0.29) is 16.8 Å². The Balaban J connectivity index is 1.63. The molecule has 1 amide bonds. The maximum atomic E-state index is 13.4. The van der Waals surface area contributed by atoms with E-state index in [2.05, 4.69) is 21.5 Å². The number of hydrogen-bond donors (Lipinski definition) is 2. The molecule has 2 saturated carbocycles. The highest BCUT2D eigenvalue weighted by Gasteiger charge is 2.28. The lowest BCUT2D eigenvalue weighted by molar-refractivity contribution is 0.0916. The summed E-state index contributed by atoms with van der Waals surface area (Å²) in [5.41, 5.74) is 3.05. The Kier molecular flexibility index (Phi) is 7.44. The van der Waals surface area contributed by atoms with Crippen molar-refractivity contribution in [3.05, 3.63) is 53.7 Å². The van der Waals surface area contributed by atoms with Gasteiger partial charge in [-0.2, -0.15) is 0 Å². The van der Waals surface area contributed by atoms with Crippen molar-refractivity contribution in [1.29, 1.82) is 0 Å². The Morgan fingerprint density at radius 1 is 0.947 bits per heavy atom. The molecule has 1 heterocycles. The first kappa shape index (κ1) is 26.9. The Morgan fingerprint density at radius 2 is 1.63 bits per heavy atom. The second kappa shape index (κ2) is 10.5. The molecule has 38 heavy (non-hydrogen) atoms. The van der Waals surface area contributed by atoms with Crippen LogP contribution < -0.4 is 10.0 Å². The first-order valence-corrected chi connectivity index (χ1v) is 15.6. The standard InChI is InChI=1S/C31H41N3O3S/c1-21-27(30(35)32-23-13-10-14-23)19-28(34(21)20-22-11-6-5-7-12-22)25-17-18-29(26-16-9-8-15-24(25)26)38(36,37)33-31(2,3)4/h8-9,15-19,22-23,33H,5-7,10-14,20H2,1-4H3,(H,32,35). The van der Waals surface area contributed by atoms with Crippen LogP contribution in [-0.2, 0) is 16.6 Å². The van der Waals surface area contributed by atoms with Crippen LogP contribution in [0.5, 0.6) is 0 Å². The van der Waals surface area contributed by atoms with E-state index in [4.69, 9.17) is 0 Å². The van der Waals surface area contributed by atoms with Crippen molar-refractivity contribution in [2.75, 3.05) is 0 Å². The van der Waals surface area contributed by atoms with Crippen molar-refractivity contribution >= 4 is 26.7 Å². The van der Waals surface area contributed by atoms with Crippen LogP contribution in [0.25, 0.3) is 22.0 Å². The van der Waals surface area contributed by atoms with Gasteiger partial charge >= 0.3 is 0 Å². The highest BCUT2D eigenvalue weighted by molar-refractivity contribution is 7.89. The van der Waals surface area contributed by atoms with Crippen LogP contribution in [0.2, 0.25) is 0 Å². The molecule has 0 saturated heterocycles. The van der Waals surface area contributed by atoms with Gasteiger partial charge in [0.05, 0.1) is 10.5 Å². The molecule has 2 fully saturated rings. The smallest absolute Gasteiger partial charge is 0.253 e. The van der Waals surface area contributed by atoms with Gasteiger partial charge in [-0.3, -0.25) is 4.79 Å². The van der Waals surface area contributed by atoms with Crippen molar-refractivity contribution in [3.8, 4) is 11.3 Å². The van der Waals surface area contributed by atoms with Gasteiger partial charge in [0.25, 0.3) is 5.91 Å². The molecule has 0 radical (unpaired) electrons. The molecular formula is C31H41N3O3S. The molecular weight excluding hydrogens is 494 g/mol. The molecule has 2 aliphatic carbocycles. The van der Waals surface area contributed by atoms with Gasteiger partial charge in [0.1, 0.15) is 0 Å². The van der Waals surface area contributed by atoms with Crippen LogP contribution in [0.1, 0.15) is 88.2 Å². The fourth-order valence-electron chi connectivity index (χ4n) is 5.96. The first-order valence-electron chi connectivity index (χ1n) is 14.1. The van der Waals surface area contributed by atoms with E-state index < -0.39 is 15.6 Å². The molecule has 0 atom stereocenters. The number of nitrogens with zero attached hydrogens (tertiary/aromatic N) is 1. The van der Waals surface area contributed by atoms with E-state index in [0.29, 0.717) is 11.3 Å². The molecule has 0 bridgehead atoms. The molecule has 2 N–H and O–H groups in total. The highest BCUT2D eigenvalue weighted by Crippen LogP contribution is 2.37. The number of fused-ring (bicyclic) bond motifs is 1. The van der Waals surface area contributed by atoms with Crippen LogP contribution in [0, 0.1) is 12.8 Å². The summed E-state index contributed by atoms with van der Waals surface area (Å²) in [6.45, 7) is 8.46. The van der Waals surface area contributed by atoms with Gasteiger partial charge in [-0.05, 0) is 83.2 Å². The van der Waals surface area contributed by atoms with Gasteiger partial charge < -0.3 is 9.88 Å². The van der Waals surface area contributed by atoms with E-state index >= 15 is 0 Å². The Labute approximate surface area is 227 Å². The van der Waals surface area contributed by atoms with E-state index in [1.54, 1.807) is 6.07 Å². The predicted octanol–water partition coefficient (Wildman–Crippen LogP) is 6.56. The SMILES string of the molecule is Cc1c(C(=O)NC2CCC2)cc(-c2ccc(S(=O)(=O)NC(C)(C)C)c3ccccc23)n1CC1CCCCC1. The molecule has 0 unspecified atom stereocenters. The average Bonchev–Trinajstić information content (AvgIpc) is 3.15. The highest BCUT2D eigenvalue weighted by atomic mass is 32.2. The minimum absolute atomic E-state index is 0.00581. The fourth-order valence-corrected chi connectivity index (χ4v) is 7.60. The van der Waals surface area contributed by atoms with Crippen molar-refractivity contribution in [2.24, 2.45) is 5.92 Å². The summed E-state index contributed by atoms with van der Waals surface area (Å²) in [6, 6.07) is 13.6. The Hall–Kier alpha value is -2.64.